The second-order valence-electron chi connectivity index (χ2n) is 3.90. The lowest BCUT2D eigenvalue weighted by Crippen LogP contribution is -2.10. The third-order valence-corrected chi connectivity index (χ3v) is 3.73. The summed E-state index contributed by atoms with van der Waals surface area (Å²) in [6.07, 6.45) is 2.53. The molecule has 0 unspecified atom stereocenters. The average molecular weight is 241 g/mol. The Morgan fingerprint density at radius 2 is 2.31 bits per heavy atom. The number of rotatable bonds is 5. The molecule has 0 radical (unpaired) electrons. The number of thiophene rings is 1. The summed E-state index contributed by atoms with van der Waals surface area (Å²) >= 11 is 1.25. The molecule has 1 amide bonds. The molecular formula is C10H15N3O2S. The number of methoxy groups -OCH3 is 1. The van der Waals surface area contributed by atoms with Crippen LogP contribution >= 0.6 is 11.3 Å². The van der Waals surface area contributed by atoms with E-state index in [1.807, 2.05) is 0 Å². The third-order valence-electron chi connectivity index (χ3n) is 2.58. The van der Waals surface area contributed by atoms with Crippen molar-refractivity contribution in [3.05, 3.63) is 4.88 Å². The third kappa shape index (κ3) is 2.06. The summed E-state index contributed by atoms with van der Waals surface area (Å²) in [6.45, 7) is 0.897. The van der Waals surface area contributed by atoms with E-state index in [0.717, 1.165) is 17.5 Å². The molecule has 1 heterocycles. The molecule has 1 aliphatic rings. The van der Waals surface area contributed by atoms with Crippen LogP contribution in [-0.2, 0) is 0 Å². The van der Waals surface area contributed by atoms with Crippen LogP contribution < -0.4 is 21.5 Å². The number of hydrogen-bond acceptors (Lipinski definition) is 5. The Bertz CT molecular complexity index is 412. The number of anilines is 2. The highest BCUT2D eigenvalue weighted by atomic mass is 32.1. The molecule has 0 atom stereocenters. The van der Waals surface area contributed by atoms with Gasteiger partial charge in [-0.2, -0.15) is 0 Å². The van der Waals surface area contributed by atoms with Crippen LogP contribution in [0.3, 0.4) is 0 Å². The molecule has 5 N–H and O–H groups in total. The first kappa shape index (κ1) is 11.1. The topological polar surface area (TPSA) is 90.4 Å². The van der Waals surface area contributed by atoms with Gasteiger partial charge in [0.25, 0.3) is 5.91 Å². The summed E-state index contributed by atoms with van der Waals surface area (Å²) < 4.78 is 5.17. The van der Waals surface area contributed by atoms with E-state index in [2.05, 4.69) is 5.32 Å². The van der Waals surface area contributed by atoms with Crippen LogP contribution in [0.25, 0.3) is 0 Å². The predicted molar refractivity (Wildman–Crippen MR) is 65.0 cm³/mol. The minimum Gasteiger partial charge on any atom is -0.492 e. The van der Waals surface area contributed by atoms with Crippen LogP contribution in [-0.4, -0.2) is 19.6 Å². The number of nitrogen functional groups attached to an aromatic ring is 1. The zero-order valence-electron chi connectivity index (χ0n) is 9.08. The molecule has 6 heteroatoms. The molecular weight excluding hydrogens is 226 g/mol. The summed E-state index contributed by atoms with van der Waals surface area (Å²) in [5.74, 6) is 0.754. The Hall–Kier alpha value is -1.43. The summed E-state index contributed by atoms with van der Waals surface area (Å²) in [6, 6.07) is 0. The Kier molecular flexibility index (Phi) is 2.91. The fourth-order valence-corrected chi connectivity index (χ4v) is 2.44. The SMILES string of the molecule is COc1c(NCC2CC2)sc(C(N)=O)c1N. The van der Waals surface area contributed by atoms with Gasteiger partial charge in [-0.1, -0.05) is 0 Å². The smallest absolute Gasteiger partial charge is 0.261 e. The number of nitrogens with one attached hydrogen (secondary N) is 1. The summed E-state index contributed by atoms with van der Waals surface area (Å²) in [7, 11) is 1.53. The fraction of sp³-hybridized carbons (Fsp3) is 0.500. The maximum absolute atomic E-state index is 11.1. The van der Waals surface area contributed by atoms with Gasteiger partial charge in [0.1, 0.15) is 15.6 Å². The first-order valence-electron chi connectivity index (χ1n) is 5.13. The molecule has 0 aromatic carbocycles. The van der Waals surface area contributed by atoms with Crippen molar-refractivity contribution in [3.63, 3.8) is 0 Å². The maximum atomic E-state index is 11.1. The van der Waals surface area contributed by atoms with Crippen LogP contribution in [0, 0.1) is 5.92 Å². The van der Waals surface area contributed by atoms with E-state index < -0.39 is 5.91 Å². The normalized spacial score (nSPS) is 14.8. The van der Waals surface area contributed by atoms with Crippen molar-refractivity contribution >= 4 is 27.9 Å². The Labute approximate surface area is 97.8 Å². The van der Waals surface area contributed by atoms with Crippen molar-refractivity contribution in [2.75, 3.05) is 24.7 Å². The molecule has 0 bridgehead atoms. The number of nitrogens with two attached hydrogens (primary N) is 2. The van der Waals surface area contributed by atoms with E-state index in [9.17, 15) is 4.79 Å². The first-order valence-corrected chi connectivity index (χ1v) is 5.95. The largest absolute Gasteiger partial charge is 0.492 e. The van der Waals surface area contributed by atoms with Crippen LogP contribution in [0.4, 0.5) is 10.7 Å². The van der Waals surface area contributed by atoms with Crippen LogP contribution in [0.15, 0.2) is 0 Å². The number of ether oxygens (including phenoxy) is 1. The van der Waals surface area contributed by atoms with E-state index in [4.69, 9.17) is 16.2 Å². The van der Waals surface area contributed by atoms with Gasteiger partial charge in [-0.25, -0.2) is 0 Å². The highest BCUT2D eigenvalue weighted by molar-refractivity contribution is 7.19. The Morgan fingerprint density at radius 3 is 2.81 bits per heavy atom. The minimum absolute atomic E-state index is 0.332. The van der Waals surface area contributed by atoms with Crippen molar-refractivity contribution in [1.29, 1.82) is 0 Å². The number of primary amides is 1. The van der Waals surface area contributed by atoms with E-state index in [0.29, 0.717) is 16.3 Å². The van der Waals surface area contributed by atoms with Gasteiger partial charge in [0, 0.05) is 6.54 Å². The van der Waals surface area contributed by atoms with Gasteiger partial charge in [0.05, 0.1) is 7.11 Å². The van der Waals surface area contributed by atoms with Gasteiger partial charge in [-0.15, -0.1) is 11.3 Å². The monoisotopic (exact) mass is 241 g/mol. The summed E-state index contributed by atoms with van der Waals surface area (Å²) in [4.78, 5) is 11.5. The molecule has 16 heavy (non-hydrogen) atoms. The molecule has 1 aromatic rings. The molecule has 1 fully saturated rings. The fourth-order valence-electron chi connectivity index (χ4n) is 1.49. The van der Waals surface area contributed by atoms with Gasteiger partial charge in [-0.05, 0) is 18.8 Å². The van der Waals surface area contributed by atoms with Gasteiger partial charge >= 0.3 is 0 Å². The highest BCUT2D eigenvalue weighted by Gasteiger charge is 2.24. The van der Waals surface area contributed by atoms with Crippen molar-refractivity contribution in [2.45, 2.75) is 12.8 Å². The molecule has 2 rings (SSSR count). The zero-order chi connectivity index (χ0) is 11.7. The Balaban J connectivity index is 2.20. The second-order valence-corrected chi connectivity index (χ2v) is 4.92. The van der Waals surface area contributed by atoms with Gasteiger partial charge in [-0.3, -0.25) is 4.79 Å². The highest BCUT2D eigenvalue weighted by Crippen LogP contribution is 2.42. The number of carbonyl (C=O) groups excluding carboxylic acids is 1. The van der Waals surface area contributed by atoms with Gasteiger partial charge in [0.15, 0.2) is 5.75 Å². The lowest BCUT2D eigenvalue weighted by Gasteiger charge is -2.05. The molecule has 88 valence electrons. The molecule has 1 aliphatic carbocycles. The van der Waals surface area contributed by atoms with Crippen molar-refractivity contribution < 1.29 is 9.53 Å². The molecule has 5 nitrogen and oxygen atoms in total. The van der Waals surface area contributed by atoms with Crippen LogP contribution in [0.1, 0.15) is 22.5 Å². The molecule has 0 aliphatic heterocycles. The zero-order valence-corrected chi connectivity index (χ0v) is 9.89. The predicted octanol–water partition coefficient (Wildman–Crippen LogP) is 1.26. The first-order chi connectivity index (χ1) is 7.63. The van der Waals surface area contributed by atoms with Crippen molar-refractivity contribution in [1.82, 2.24) is 0 Å². The molecule has 0 saturated heterocycles. The maximum Gasteiger partial charge on any atom is 0.261 e. The molecule has 0 spiro atoms. The van der Waals surface area contributed by atoms with E-state index in [-0.39, 0.29) is 0 Å². The van der Waals surface area contributed by atoms with Crippen LogP contribution in [0.5, 0.6) is 5.75 Å². The van der Waals surface area contributed by atoms with Gasteiger partial charge in [0.2, 0.25) is 0 Å². The minimum atomic E-state index is -0.514. The van der Waals surface area contributed by atoms with Crippen molar-refractivity contribution in [2.24, 2.45) is 11.7 Å². The molecule has 1 aromatic heterocycles. The summed E-state index contributed by atoms with van der Waals surface area (Å²) in [5, 5.41) is 4.04. The average Bonchev–Trinajstić information content (AvgIpc) is 3.00. The quantitative estimate of drug-likeness (QED) is 0.723. The van der Waals surface area contributed by atoms with E-state index in [1.165, 1.54) is 31.3 Å². The number of carbonyl (C=O) groups is 1. The lowest BCUT2D eigenvalue weighted by atomic mass is 10.3. The standard InChI is InChI=1S/C10H15N3O2S/c1-15-7-6(11)8(9(12)14)16-10(7)13-4-5-2-3-5/h5,13H,2-4,11H2,1H3,(H2,12,14). The summed E-state index contributed by atoms with van der Waals surface area (Å²) in [5.41, 5.74) is 11.3. The van der Waals surface area contributed by atoms with E-state index >= 15 is 0 Å². The molecule has 1 saturated carbocycles. The van der Waals surface area contributed by atoms with E-state index in [1.54, 1.807) is 0 Å². The number of hydrogen-bond donors (Lipinski definition) is 3. The second kappa shape index (κ2) is 4.21. The Morgan fingerprint density at radius 1 is 1.62 bits per heavy atom. The van der Waals surface area contributed by atoms with Gasteiger partial charge < -0.3 is 21.5 Å². The van der Waals surface area contributed by atoms with Crippen molar-refractivity contribution in [3.8, 4) is 5.75 Å². The lowest BCUT2D eigenvalue weighted by molar-refractivity contribution is 0.100. The number of amides is 1. The van der Waals surface area contributed by atoms with Crippen LogP contribution in [0.2, 0.25) is 0 Å².